The third-order valence-electron chi connectivity index (χ3n) is 3.64. The van der Waals surface area contributed by atoms with Crippen LogP contribution in [0.2, 0.25) is 0 Å². The molecule has 0 amide bonds. The second-order valence-electron chi connectivity index (χ2n) is 5.91. The number of nitrogens with one attached hydrogen (secondary N) is 1. The average molecular weight is 318 g/mol. The molecule has 1 atom stereocenters. The summed E-state index contributed by atoms with van der Waals surface area (Å²) in [5.74, 6) is 2.36. The standard InChI is InChI=1S/C15H22N6O2/c1-11(2)15-20-19-14(23-15)10-21-6-7-22-12(9-21)8-16-13-4-3-5-17-18-13/h3-5,11-12H,6-10H2,1-2H3,(H,16,18)/t12-/m0/s1. The van der Waals surface area contributed by atoms with Crippen LogP contribution in [0.15, 0.2) is 22.7 Å². The highest BCUT2D eigenvalue weighted by molar-refractivity contribution is 5.31. The number of morpholine rings is 1. The van der Waals surface area contributed by atoms with Crippen molar-refractivity contribution in [2.45, 2.75) is 32.4 Å². The Labute approximate surface area is 135 Å². The molecular weight excluding hydrogens is 296 g/mol. The average Bonchev–Trinajstić information content (AvgIpc) is 3.03. The Morgan fingerprint density at radius 3 is 3.00 bits per heavy atom. The number of rotatable bonds is 6. The van der Waals surface area contributed by atoms with Crippen molar-refractivity contribution >= 4 is 5.82 Å². The van der Waals surface area contributed by atoms with Crippen molar-refractivity contribution in [1.29, 1.82) is 0 Å². The van der Waals surface area contributed by atoms with Crippen molar-refractivity contribution in [1.82, 2.24) is 25.3 Å². The van der Waals surface area contributed by atoms with Gasteiger partial charge in [-0.25, -0.2) is 0 Å². The second kappa shape index (κ2) is 7.47. The summed E-state index contributed by atoms with van der Waals surface area (Å²) < 4.78 is 11.5. The van der Waals surface area contributed by atoms with Gasteiger partial charge in [-0.1, -0.05) is 13.8 Å². The lowest BCUT2D eigenvalue weighted by Gasteiger charge is -2.32. The summed E-state index contributed by atoms with van der Waals surface area (Å²) in [6.45, 7) is 7.80. The van der Waals surface area contributed by atoms with E-state index in [2.05, 4.69) is 30.6 Å². The Bertz CT molecular complexity index is 603. The number of nitrogens with zero attached hydrogens (tertiary/aromatic N) is 5. The Morgan fingerprint density at radius 1 is 1.35 bits per heavy atom. The molecule has 0 radical (unpaired) electrons. The van der Waals surface area contributed by atoms with E-state index in [0.29, 0.717) is 31.5 Å². The van der Waals surface area contributed by atoms with Crippen molar-refractivity contribution < 1.29 is 9.15 Å². The predicted molar refractivity (Wildman–Crippen MR) is 83.9 cm³/mol. The zero-order valence-corrected chi connectivity index (χ0v) is 13.5. The van der Waals surface area contributed by atoms with Crippen LogP contribution in [-0.4, -0.2) is 57.6 Å². The summed E-state index contributed by atoms with van der Waals surface area (Å²) in [4.78, 5) is 2.27. The minimum absolute atomic E-state index is 0.0956. The number of ether oxygens (including phenoxy) is 1. The van der Waals surface area contributed by atoms with Gasteiger partial charge >= 0.3 is 0 Å². The lowest BCUT2D eigenvalue weighted by Crippen LogP contribution is -2.44. The highest BCUT2D eigenvalue weighted by Crippen LogP contribution is 2.15. The molecule has 0 aliphatic carbocycles. The summed E-state index contributed by atoms with van der Waals surface area (Å²) in [6, 6.07) is 3.74. The molecule has 0 spiro atoms. The van der Waals surface area contributed by atoms with Crippen molar-refractivity contribution in [2.75, 3.05) is 31.6 Å². The molecule has 3 heterocycles. The van der Waals surface area contributed by atoms with Gasteiger partial charge in [-0.05, 0) is 12.1 Å². The molecule has 8 nitrogen and oxygen atoms in total. The van der Waals surface area contributed by atoms with E-state index in [-0.39, 0.29) is 12.0 Å². The number of hydrogen-bond acceptors (Lipinski definition) is 8. The monoisotopic (exact) mass is 318 g/mol. The van der Waals surface area contributed by atoms with E-state index in [9.17, 15) is 0 Å². The van der Waals surface area contributed by atoms with E-state index in [1.807, 2.05) is 26.0 Å². The molecular formula is C15H22N6O2. The molecule has 23 heavy (non-hydrogen) atoms. The van der Waals surface area contributed by atoms with Gasteiger partial charge in [0.05, 0.1) is 19.3 Å². The van der Waals surface area contributed by atoms with Crippen LogP contribution in [0.4, 0.5) is 5.82 Å². The van der Waals surface area contributed by atoms with Crippen molar-refractivity contribution in [2.24, 2.45) is 0 Å². The van der Waals surface area contributed by atoms with Gasteiger partial charge in [-0.3, -0.25) is 4.90 Å². The van der Waals surface area contributed by atoms with Gasteiger partial charge in [-0.15, -0.1) is 15.3 Å². The van der Waals surface area contributed by atoms with Crippen LogP contribution in [0.1, 0.15) is 31.5 Å². The van der Waals surface area contributed by atoms with Crippen molar-refractivity contribution in [3.05, 3.63) is 30.1 Å². The van der Waals surface area contributed by atoms with Gasteiger partial charge in [0.2, 0.25) is 11.8 Å². The minimum Gasteiger partial charge on any atom is -0.424 e. The zero-order chi connectivity index (χ0) is 16.1. The lowest BCUT2D eigenvalue weighted by atomic mass is 10.2. The van der Waals surface area contributed by atoms with Gasteiger partial charge in [0, 0.05) is 31.7 Å². The summed E-state index contributed by atoms with van der Waals surface area (Å²) in [5, 5.41) is 19.3. The first-order valence-corrected chi connectivity index (χ1v) is 7.88. The molecule has 2 aromatic rings. The summed E-state index contributed by atoms with van der Waals surface area (Å²) in [5.41, 5.74) is 0. The second-order valence-corrected chi connectivity index (χ2v) is 5.91. The molecule has 8 heteroatoms. The van der Waals surface area contributed by atoms with Crippen LogP contribution in [0.25, 0.3) is 0 Å². The van der Waals surface area contributed by atoms with E-state index >= 15 is 0 Å². The van der Waals surface area contributed by atoms with Crippen molar-refractivity contribution in [3.63, 3.8) is 0 Å². The van der Waals surface area contributed by atoms with Crippen molar-refractivity contribution in [3.8, 4) is 0 Å². The first-order chi connectivity index (χ1) is 11.2. The smallest absolute Gasteiger partial charge is 0.230 e. The van der Waals surface area contributed by atoms with E-state index in [1.165, 1.54) is 0 Å². The molecule has 1 aliphatic heterocycles. The Morgan fingerprint density at radius 2 is 2.26 bits per heavy atom. The van der Waals surface area contributed by atoms with Crippen LogP contribution in [0.3, 0.4) is 0 Å². The molecule has 0 bridgehead atoms. The van der Waals surface area contributed by atoms with Gasteiger partial charge < -0.3 is 14.5 Å². The van der Waals surface area contributed by atoms with Crippen LogP contribution >= 0.6 is 0 Å². The molecule has 0 unspecified atom stereocenters. The highest BCUT2D eigenvalue weighted by atomic mass is 16.5. The fourth-order valence-corrected chi connectivity index (χ4v) is 2.42. The third-order valence-corrected chi connectivity index (χ3v) is 3.64. The van der Waals surface area contributed by atoms with E-state index in [1.54, 1.807) is 6.20 Å². The maximum absolute atomic E-state index is 5.79. The van der Waals surface area contributed by atoms with E-state index in [0.717, 1.165) is 18.9 Å². The molecule has 0 saturated carbocycles. The first-order valence-electron chi connectivity index (χ1n) is 7.88. The van der Waals surface area contributed by atoms with Crippen LogP contribution < -0.4 is 5.32 Å². The molecule has 1 fully saturated rings. The first kappa shape index (κ1) is 15.8. The quantitative estimate of drug-likeness (QED) is 0.852. The summed E-state index contributed by atoms with van der Waals surface area (Å²) >= 11 is 0. The van der Waals surface area contributed by atoms with E-state index < -0.39 is 0 Å². The Hall–Kier alpha value is -2.06. The van der Waals surface area contributed by atoms with Gasteiger partial charge in [-0.2, -0.15) is 5.10 Å². The minimum atomic E-state index is 0.0956. The number of hydrogen-bond donors (Lipinski definition) is 1. The maximum atomic E-state index is 5.79. The lowest BCUT2D eigenvalue weighted by molar-refractivity contribution is -0.0265. The SMILES string of the molecule is CC(C)c1nnc(CN2CCO[C@@H](CNc3cccnn3)C2)o1. The third kappa shape index (κ3) is 4.46. The summed E-state index contributed by atoms with van der Waals surface area (Å²) in [6.07, 6.45) is 1.75. The van der Waals surface area contributed by atoms with Gasteiger partial charge in [0.1, 0.15) is 5.82 Å². The topological polar surface area (TPSA) is 89.2 Å². The summed E-state index contributed by atoms with van der Waals surface area (Å²) in [7, 11) is 0. The molecule has 1 aliphatic rings. The van der Waals surface area contributed by atoms with Crippen LogP contribution in [-0.2, 0) is 11.3 Å². The Kier molecular flexibility index (Phi) is 5.14. The van der Waals surface area contributed by atoms with E-state index in [4.69, 9.17) is 9.15 Å². The molecule has 1 N–H and O–H groups in total. The molecule has 3 rings (SSSR count). The number of anilines is 1. The van der Waals surface area contributed by atoms with Gasteiger partial charge in [0.25, 0.3) is 0 Å². The fourth-order valence-electron chi connectivity index (χ4n) is 2.42. The van der Waals surface area contributed by atoms with Gasteiger partial charge in [0.15, 0.2) is 0 Å². The largest absolute Gasteiger partial charge is 0.424 e. The van der Waals surface area contributed by atoms with Crippen LogP contribution in [0.5, 0.6) is 0 Å². The maximum Gasteiger partial charge on any atom is 0.230 e. The normalized spacial score (nSPS) is 19.2. The molecule has 2 aromatic heterocycles. The predicted octanol–water partition coefficient (Wildman–Crippen LogP) is 1.30. The molecule has 124 valence electrons. The van der Waals surface area contributed by atoms with Crippen LogP contribution in [0, 0.1) is 0 Å². The number of aromatic nitrogens is 4. The molecule has 1 saturated heterocycles. The highest BCUT2D eigenvalue weighted by Gasteiger charge is 2.22. The fraction of sp³-hybridized carbons (Fsp3) is 0.600. The molecule has 0 aromatic carbocycles. The zero-order valence-electron chi connectivity index (χ0n) is 13.5. The Balaban J connectivity index is 1.49.